The molecule has 196 valence electrons. The molecule has 0 aromatic heterocycles. The summed E-state index contributed by atoms with van der Waals surface area (Å²) in [7, 11) is -0.0803. The fraction of sp³-hybridized carbons (Fsp3) is 0.259. The highest BCUT2D eigenvalue weighted by Crippen LogP contribution is 2.34. The summed E-state index contributed by atoms with van der Waals surface area (Å²) in [5, 5.41) is 2.64. The molecule has 0 radical (unpaired) electrons. The quantitative estimate of drug-likeness (QED) is 0.415. The van der Waals surface area contributed by atoms with Crippen LogP contribution in [0, 0.1) is 20.8 Å². The van der Waals surface area contributed by atoms with E-state index in [1.165, 1.54) is 45.6 Å². The number of rotatable bonds is 9. The van der Waals surface area contributed by atoms with Crippen molar-refractivity contribution in [3.63, 3.8) is 0 Å². The predicted octanol–water partition coefficient (Wildman–Crippen LogP) is 4.25. The number of hydrogen-bond donors (Lipinski definition) is 1. The first-order chi connectivity index (χ1) is 17.5. The number of methoxy groups -OCH3 is 3. The lowest BCUT2D eigenvalue weighted by Gasteiger charge is -2.26. The molecule has 0 aliphatic rings. The third kappa shape index (κ3) is 5.86. The van der Waals surface area contributed by atoms with E-state index >= 15 is 0 Å². The number of esters is 1. The molecule has 10 heteroatoms. The molecule has 0 heterocycles. The van der Waals surface area contributed by atoms with Crippen LogP contribution in [-0.4, -0.2) is 48.2 Å². The number of carbonyl (C=O) groups is 2. The van der Waals surface area contributed by atoms with Gasteiger partial charge in [-0.25, -0.2) is 13.2 Å². The lowest BCUT2D eigenvalue weighted by atomic mass is 10.1. The number of hydrogen-bond acceptors (Lipinski definition) is 7. The molecule has 0 spiro atoms. The van der Waals surface area contributed by atoms with E-state index in [2.05, 4.69) is 5.32 Å². The van der Waals surface area contributed by atoms with E-state index in [9.17, 15) is 18.0 Å². The van der Waals surface area contributed by atoms with Gasteiger partial charge in [0.25, 0.3) is 10.0 Å². The van der Waals surface area contributed by atoms with E-state index in [4.69, 9.17) is 14.2 Å². The summed E-state index contributed by atoms with van der Waals surface area (Å²) >= 11 is 0. The molecule has 3 aromatic rings. The van der Waals surface area contributed by atoms with Crippen molar-refractivity contribution in [2.45, 2.75) is 25.7 Å². The second-order valence-corrected chi connectivity index (χ2v) is 10.2. The van der Waals surface area contributed by atoms with Crippen LogP contribution >= 0.6 is 0 Å². The van der Waals surface area contributed by atoms with Crippen LogP contribution in [0.15, 0.2) is 59.5 Å². The van der Waals surface area contributed by atoms with Crippen molar-refractivity contribution < 1.29 is 32.2 Å². The molecule has 3 rings (SSSR count). The van der Waals surface area contributed by atoms with Gasteiger partial charge in [0.05, 0.1) is 43.2 Å². The van der Waals surface area contributed by atoms with Crippen molar-refractivity contribution in [3.8, 4) is 11.5 Å². The van der Waals surface area contributed by atoms with Gasteiger partial charge in [-0.15, -0.1) is 0 Å². The van der Waals surface area contributed by atoms with E-state index in [1.54, 1.807) is 31.2 Å². The Morgan fingerprint density at radius 3 is 2.11 bits per heavy atom. The van der Waals surface area contributed by atoms with Gasteiger partial charge < -0.3 is 19.5 Å². The minimum atomic E-state index is -4.12. The van der Waals surface area contributed by atoms with Gasteiger partial charge in [-0.1, -0.05) is 29.8 Å². The van der Waals surface area contributed by atoms with Gasteiger partial charge in [-0.2, -0.15) is 0 Å². The monoisotopic (exact) mass is 526 g/mol. The van der Waals surface area contributed by atoms with E-state index in [-0.39, 0.29) is 27.6 Å². The van der Waals surface area contributed by atoms with Gasteiger partial charge in [0, 0.05) is 12.1 Å². The largest absolute Gasteiger partial charge is 0.493 e. The van der Waals surface area contributed by atoms with Crippen molar-refractivity contribution >= 4 is 33.3 Å². The highest BCUT2D eigenvalue weighted by molar-refractivity contribution is 7.92. The van der Waals surface area contributed by atoms with E-state index in [1.807, 2.05) is 19.9 Å². The Hall–Kier alpha value is -4.05. The molecule has 0 atom stereocenters. The Balaban J connectivity index is 2.06. The zero-order chi connectivity index (χ0) is 27.3. The Labute approximate surface area is 217 Å². The van der Waals surface area contributed by atoms with Gasteiger partial charge in [0.2, 0.25) is 5.91 Å². The summed E-state index contributed by atoms with van der Waals surface area (Å²) in [4.78, 5) is 25.8. The number of aryl methyl sites for hydroxylation is 2. The molecule has 1 N–H and O–H groups in total. The third-order valence-corrected chi connectivity index (χ3v) is 7.72. The molecule has 0 fully saturated rings. The lowest BCUT2D eigenvalue weighted by molar-refractivity contribution is -0.114. The van der Waals surface area contributed by atoms with Gasteiger partial charge in [0.1, 0.15) is 6.54 Å². The summed E-state index contributed by atoms with van der Waals surface area (Å²) in [6, 6.07) is 14.4. The Kier molecular flexibility index (Phi) is 8.44. The standard InChI is InChI=1S/C27H30N2O7S/c1-17-10-12-20(13-11-17)37(32,33)29(23-9-7-8-18(2)19(23)3)16-26(30)28-22-15-25(35-5)24(34-4)14-21(22)27(31)36-6/h7-15H,16H2,1-6H3,(H,28,30). The summed E-state index contributed by atoms with van der Waals surface area (Å²) in [5.41, 5.74) is 2.97. The first-order valence-electron chi connectivity index (χ1n) is 11.3. The molecule has 0 saturated heterocycles. The maximum absolute atomic E-state index is 13.7. The smallest absolute Gasteiger partial charge is 0.340 e. The minimum Gasteiger partial charge on any atom is -0.493 e. The minimum absolute atomic E-state index is 0.0215. The van der Waals surface area contributed by atoms with E-state index in [0.717, 1.165) is 15.4 Å². The van der Waals surface area contributed by atoms with Gasteiger partial charge in [0.15, 0.2) is 11.5 Å². The van der Waals surface area contributed by atoms with Crippen LogP contribution < -0.4 is 19.1 Å². The van der Waals surface area contributed by atoms with Crippen molar-refractivity contribution in [1.82, 2.24) is 0 Å². The summed E-state index contributed by atoms with van der Waals surface area (Å²) < 4.78 is 43.9. The molecule has 0 saturated carbocycles. The van der Waals surface area contributed by atoms with Crippen molar-refractivity contribution in [3.05, 3.63) is 76.9 Å². The molecule has 3 aromatic carbocycles. The fourth-order valence-corrected chi connectivity index (χ4v) is 5.20. The molecule has 1 amide bonds. The molecule has 0 bridgehead atoms. The zero-order valence-corrected chi connectivity index (χ0v) is 22.4. The molecule has 0 unspecified atom stereocenters. The topological polar surface area (TPSA) is 111 Å². The average Bonchev–Trinajstić information content (AvgIpc) is 2.88. The maximum Gasteiger partial charge on any atom is 0.340 e. The molecule has 37 heavy (non-hydrogen) atoms. The number of nitrogens with zero attached hydrogens (tertiary/aromatic N) is 1. The van der Waals surface area contributed by atoms with Crippen LogP contribution in [0.25, 0.3) is 0 Å². The Bertz CT molecular complexity index is 1420. The Morgan fingerprint density at radius 2 is 1.51 bits per heavy atom. The molecule has 9 nitrogen and oxygen atoms in total. The van der Waals surface area contributed by atoms with Crippen LogP contribution in [0.4, 0.5) is 11.4 Å². The molecular weight excluding hydrogens is 496 g/mol. The van der Waals surface area contributed by atoms with Crippen molar-refractivity contribution in [2.75, 3.05) is 37.5 Å². The number of nitrogens with one attached hydrogen (secondary N) is 1. The highest BCUT2D eigenvalue weighted by Gasteiger charge is 2.29. The summed E-state index contributed by atoms with van der Waals surface area (Å²) in [6.45, 7) is 4.97. The number of sulfonamides is 1. The second kappa shape index (κ2) is 11.3. The summed E-state index contributed by atoms with van der Waals surface area (Å²) in [6.07, 6.45) is 0. The molecule has 0 aliphatic heterocycles. The van der Waals surface area contributed by atoms with Crippen LogP contribution in [0.2, 0.25) is 0 Å². The van der Waals surface area contributed by atoms with Gasteiger partial charge in [-0.05, 0) is 50.1 Å². The summed E-state index contributed by atoms with van der Waals surface area (Å²) in [5.74, 6) is -0.854. The molecule has 0 aliphatic carbocycles. The number of anilines is 2. The SMILES string of the molecule is COC(=O)c1cc(OC)c(OC)cc1NC(=O)CN(c1cccc(C)c1C)S(=O)(=O)c1ccc(C)cc1. The van der Waals surface area contributed by atoms with Crippen LogP contribution in [-0.2, 0) is 19.6 Å². The number of amides is 1. The van der Waals surface area contributed by atoms with Gasteiger partial charge >= 0.3 is 5.97 Å². The predicted molar refractivity (Wildman–Crippen MR) is 141 cm³/mol. The third-order valence-electron chi connectivity index (χ3n) is 5.94. The number of benzene rings is 3. The average molecular weight is 527 g/mol. The first kappa shape index (κ1) is 27.5. The second-order valence-electron chi connectivity index (χ2n) is 8.34. The van der Waals surface area contributed by atoms with E-state index < -0.39 is 28.4 Å². The molecular formula is C27H30N2O7S. The first-order valence-corrected chi connectivity index (χ1v) is 12.8. The Morgan fingerprint density at radius 1 is 0.892 bits per heavy atom. The van der Waals surface area contributed by atoms with E-state index in [0.29, 0.717) is 11.3 Å². The zero-order valence-electron chi connectivity index (χ0n) is 21.6. The lowest BCUT2D eigenvalue weighted by Crippen LogP contribution is -2.38. The number of ether oxygens (including phenoxy) is 3. The van der Waals surface area contributed by atoms with Crippen molar-refractivity contribution in [1.29, 1.82) is 0 Å². The van der Waals surface area contributed by atoms with Gasteiger partial charge in [-0.3, -0.25) is 9.10 Å². The fourth-order valence-electron chi connectivity index (χ4n) is 3.72. The van der Waals surface area contributed by atoms with Crippen LogP contribution in [0.3, 0.4) is 0 Å². The highest BCUT2D eigenvalue weighted by atomic mass is 32.2. The number of carbonyl (C=O) groups excluding carboxylic acids is 2. The van der Waals surface area contributed by atoms with Crippen molar-refractivity contribution in [2.24, 2.45) is 0 Å². The maximum atomic E-state index is 13.7. The normalized spacial score (nSPS) is 11.0. The van der Waals surface area contributed by atoms with Crippen LogP contribution in [0.1, 0.15) is 27.0 Å². The van der Waals surface area contributed by atoms with Crippen LogP contribution in [0.5, 0.6) is 11.5 Å².